The summed E-state index contributed by atoms with van der Waals surface area (Å²) in [4.78, 5) is 10.6. The summed E-state index contributed by atoms with van der Waals surface area (Å²) in [7, 11) is 0. The number of hydrogen-bond donors (Lipinski definition) is 1. The van der Waals surface area contributed by atoms with E-state index in [1.165, 1.54) is 29.2 Å². The van der Waals surface area contributed by atoms with Gasteiger partial charge in [-0.1, -0.05) is 12.1 Å². The van der Waals surface area contributed by atoms with Crippen LogP contribution in [0.15, 0.2) is 36.7 Å². The lowest BCUT2D eigenvalue weighted by atomic mass is 10.3. The highest BCUT2D eigenvalue weighted by Crippen LogP contribution is 2.12. The molecule has 5 heteroatoms. The zero-order valence-electron chi connectivity index (χ0n) is 7.59. The van der Waals surface area contributed by atoms with Crippen molar-refractivity contribution < 1.29 is 14.3 Å². The summed E-state index contributed by atoms with van der Waals surface area (Å²) >= 11 is 0. The van der Waals surface area contributed by atoms with Gasteiger partial charge in [0.1, 0.15) is 11.5 Å². The van der Waals surface area contributed by atoms with Crippen LogP contribution in [0.5, 0.6) is 0 Å². The van der Waals surface area contributed by atoms with Gasteiger partial charge >= 0.3 is 5.97 Å². The highest BCUT2D eigenvalue weighted by atomic mass is 19.1. The molecule has 4 nitrogen and oxygen atoms in total. The van der Waals surface area contributed by atoms with E-state index in [-0.39, 0.29) is 11.3 Å². The first-order chi connectivity index (χ1) is 7.18. The second-order valence-electron chi connectivity index (χ2n) is 2.93. The van der Waals surface area contributed by atoms with E-state index in [4.69, 9.17) is 5.11 Å². The van der Waals surface area contributed by atoms with Crippen LogP contribution in [0.2, 0.25) is 0 Å². The fourth-order valence-corrected chi connectivity index (χ4v) is 1.20. The van der Waals surface area contributed by atoms with Crippen LogP contribution in [0.3, 0.4) is 0 Å². The highest BCUT2D eigenvalue weighted by molar-refractivity contribution is 5.86. The van der Waals surface area contributed by atoms with Crippen LogP contribution in [-0.2, 0) is 0 Å². The number of para-hydroxylation sites is 1. The van der Waals surface area contributed by atoms with Gasteiger partial charge in [0, 0.05) is 6.20 Å². The number of rotatable bonds is 2. The molecule has 1 aromatic carbocycles. The topological polar surface area (TPSA) is 55.1 Å². The smallest absolute Gasteiger partial charge is 0.338 e. The number of hydrogen-bond acceptors (Lipinski definition) is 2. The number of carboxylic acid groups (broad SMARTS) is 1. The van der Waals surface area contributed by atoms with Crippen LogP contribution < -0.4 is 0 Å². The molecular weight excluding hydrogens is 199 g/mol. The zero-order valence-corrected chi connectivity index (χ0v) is 7.59. The average Bonchev–Trinajstić information content (AvgIpc) is 2.67. The molecule has 0 radical (unpaired) electrons. The van der Waals surface area contributed by atoms with E-state index in [0.29, 0.717) is 0 Å². The van der Waals surface area contributed by atoms with Gasteiger partial charge in [-0.3, -0.25) is 0 Å². The van der Waals surface area contributed by atoms with Gasteiger partial charge in [0.25, 0.3) is 0 Å². The van der Waals surface area contributed by atoms with Gasteiger partial charge in [-0.25, -0.2) is 13.9 Å². The predicted octanol–water partition coefficient (Wildman–Crippen LogP) is 1.71. The lowest BCUT2D eigenvalue weighted by Gasteiger charge is -2.00. The Balaban J connectivity index is 2.46. The molecule has 15 heavy (non-hydrogen) atoms. The summed E-state index contributed by atoms with van der Waals surface area (Å²) in [6.07, 6.45) is 2.44. The SMILES string of the molecule is O=C(O)c1cnn(-c2ccccc2F)c1. The standard InChI is InChI=1S/C10H7FN2O2/c11-8-3-1-2-4-9(8)13-6-7(5-12-13)10(14)15/h1-6H,(H,14,15). The molecule has 0 aliphatic heterocycles. The van der Waals surface area contributed by atoms with Crippen molar-refractivity contribution in [3.63, 3.8) is 0 Å². The maximum atomic E-state index is 13.3. The predicted molar refractivity (Wildman–Crippen MR) is 50.5 cm³/mol. The number of benzene rings is 1. The van der Waals surface area contributed by atoms with Crippen LogP contribution in [-0.4, -0.2) is 20.9 Å². The van der Waals surface area contributed by atoms with Crippen LogP contribution in [0.4, 0.5) is 4.39 Å². The minimum absolute atomic E-state index is 0.0262. The lowest BCUT2D eigenvalue weighted by molar-refractivity contribution is 0.0697. The Morgan fingerprint density at radius 3 is 2.73 bits per heavy atom. The Bertz CT molecular complexity index is 508. The van der Waals surface area contributed by atoms with E-state index in [1.54, 1.807) is 12.1 Å². The first-order valence-electron chi connectivity index (χ1n) is 4.21. The van der Waals surface area contributed by atoms with Gasteiger partial charge in [0.05, 0.1) is 11.8 Å². The molecule has 1 heterocycles. The Morgan fingerprint density at radius 2 is 2.13 bits per heavy atom. The van der Waals surface area contributed by atoms with Crippen molar-refractivity contribution in [2.24, 2.45) is 0 Å². The van der Waals surface area contributed by atoms with Crippen LogP contribution >= 0.6 is 0 Å². The molecule has 1 N–H and O–H groups in total. The average molecular weight is 206 g/mol. The van der Waals surface area contributed by atoms with Crippen LogP contribution in [0.1, 0.15) is 10.4 Å². The molecule has 1 aromatic heterocycles. The van der Waals surface area contributed by atoms with Crippen molar-refractivity contribution in [1.29, 1.82) is 0 Å². The van der Waals surface area contributed by atoms with Crippen molar-refractivity contribution in [3.05, 3.63) is 48.0 Å². The molecule has 0 spiro atoms. The Kier molecular flexibility index (Phi) is 2.21. The van der Waals surface area contributed by atoms with E-state index in [1.807, 2.05) is 0 Å². The van der Waals surface area contributed by atoms with Crippen molar-refractivity contribution in [2.45, 2.75) is 0 Å². The molecule has 0 saturated carbocycles. The molecule has 0 saturated heterocycles. The third-order valence-corrected chi connectivity index (χ3v) is 1.93. The number of aromatic nitrogens is 2. The van der Waals surface area contributed by atoms with E-state index >= 15 is 0 Å². The van der Waals surface area contributed by atoms with Crippen molar-refractivity contribution in [1.82, 2.24) is 9.78 Å². The first kappa shape index (κ1) is 9.39. The van der Waals surface area contributed by atoms with Gasteiger partial charge < -0.3 is 5.11 Å². The minimum Gasteiger partial charge on any atom is -0.478 e. The van der Waals surface area contributed by atoms with E-state index < -0.39 is 11.8 Å². The van der Waals surface area contributed by atoms with Gasteiger partial charge in [0.15, 0.2) is 0 Å². The molecule has 2 aromatic rings. The molecule has 0 unspecified atom stereocenters. The fourth-order valence-electron chi connectivity index (χ4n) is 1.20. The maximum Gasteiger partial charge on any atom is 0.338 e. The molecule has 0 fully saturated rings. The fraction of sp³-hybridized carbons (Fsp3) is 0. The van der Waals surface area contributed by atoms with Gasteiger partial charge in [-0.2, -0.15) is 5.10 Å². The summed E-state index contributed by atoms with van der Waals surface area (Å²) in [6.45, 7) is 0. The van der Waals surface area contributed by atoms with E-state index in [2.05, 4.69) is 5.10 Å². The largest absolute Gasteiger partial charge is 0.478 e. The molecule has 0 aliphatic rings. The van der Waals surface area contributed by atoms with Gasteiger partial charge in [0.2, 0.25) is 0 Å². The van der Waals surface area contributed by atoms with Crippen molar-refractivity contribution >= 4 is 5.97 Å². The zero-order chi connectivity index (χ0) is 10.8. The normalized spacial score (nSPS) is 10.2. The molecule has 76 valence electrons. The second kappa shape index (κ2) is 3.53. The maximum absolute atomic E-state index is 13.3. The lowest BCUT2D eigenvalue weighted by Crippen LogP contribution is -1.98. The number of halogens is 1. The molecule has 0 bridgehead atoms. The summed E-state index contributed by atoms with van der Waals surface area (Å²) in [5, 5.41) is 12.4. The van der Waals surface area contributed by atoms with Crippen LogP contribution in [0.25, 0.3) is 5.69 Å². The van der Waals surface area contributed by atoms with Crippen molar-refractivity contribution in [2.75, 3.05) is 0 Å². The molecular formula is C10H7FN2O2. The van der Waals surface area contributed by atoms with Crippen molar-refractivity contribution in [3.8, 4) is 5.69 Å². The minimum atomic E-state index is -1.09. The van der Waals surface area contributed by atoms with E-state index in [0.717, 1.165) is 0 Å². The summed E-state index contributed by atoms with van der Waals surface area (Å²) < 4.78 is 14.5. The first-order valence-corrected chi connectivity index (χ1v) is 4.21. The Hall–Kier alpha value is -2.17. The molecule has 0 amide bonds. The molecule has 2 rings (SSSR count). The van der Waals surface area contributed by atoms with Gasteiger partial charge in [-0.15, -0.1) is 0 Å². The Morgan fingerprint density at radius 1 is 1.40 bits per heavy atom. The number of carboxylic acids is 1. The van der Waals surface area contributed by atoms with E-state index in [9.17, 15) is 9.18 Å². The Labute approximate surface area is 84.6 Å². The summed E-state index contributed by atoms with van der Waals surface area (Å²) in [5.41, 5.74) is 0.253. The number of carbonyl (C=O) groups is 1. The monoisotopic (exact) mass is 206 g/mol. The summed E-state index contributed by atoms with van der Waals surface area (Å²) in [6, 6.07) is 6.02. The third-order valence-electron chi connectivity index (χ3n) is 1.93. The molecule has 0 aliphatic carbocycles. The molecule has 0 atom stereocenters. The summed E-state index contributed by atoms with van der Waals surface area (Å²) in [5.74, 6) is -1.53. The highest BCUT2D eigenvalue weighted by Gasteiger charge is 2.09. The third kappa shape index (κ3) is 1.71. The van der Waals surface area contributed by atoms with Crippen LogP contribution in [0, 0.1) is 5.82 Å². The number of aromatic carboxylic acids is 1. The second-order valence-corrected chi connectivity index (χ2v) is 2.93. The quantitative estimate of drug-likeness (QED) is 0.813. The number of nitrogens with zero attached hydrogens (tertiary/aromatic N) is 2. The van der Waals surface area contributed by atoms with Gasteiger partial charge in [-0.05, 0) is 12.1 Å².